The fourth-order valence-electron chi connectivity index (χ4n) is 2.32. The van der Waals surface area contributed by atoms with E-state index in [1.54, 1.807) is 7.11 Å². The number of methoxy groups -OCH3 is 1. The van der Waals surface area contributed by atoms with Crippen LogP contribution in [0.1, 0.15) is 31.9 Å². The van der Waals surface area contributed by atoms with Crippen molar-refractivity contribution in [2.45, 2.75) is 45.8 Å². The van der Waals surface area contributed by atoms with Crippen LogP contribution in [-0.2, 0) is 24.2 Å². The molecule has 120 valence electrons. The van der Waals surface area contributed by atoms with E-state index in [0.717, 1.165) is 43.5 Å². The molecule has 7 nitrogen and oxygen atoms in total. The number of nitrogens with one attached hydrogen (secondary N) is 2. The smallest absolute Gasteiger partial charge is 0.191 e. The van der Waals surface area contributed by atoms with Crippen molar-refractivity contribution in [1.29, 1.82) is 0 Å². The predicted octanol–water partition coefficient (Wildman–Crippen LogP) is 0.932. The van der Waals surface area contributed by atoms with E-state index in [2.05, 4.69) is 37.3 Å². The second-order valence-electron chi connectivity index (χ2n) is 4.98. The Balaban J connectivity index is 0.00000220. The number of nitrogens with zero attached hydrogens (tertiary/aromatic N) is 4. The van der Waals surface area contributed by atoms with Gasteiger partial charge in [0, 0.05) is 32.7 Å². The number of fused-ring (bicyclic) bond motifs is 1. The van der Waals surface area contributed by atoms with E-state index in [4.69, 9.17) is 4.74 Å². The van der Waals surface area contributed by atoms with Gasteiger partial charge in [-0.15, -0.1) is 34.2 Å². The lowest BCUT2D eigenvalue weighted by molar-refractivity contribution is 0.179. The maximum absolute atomic E-state index is 5.12. The van der Waals surface area contributed by atoms with Crippen molar-refractivity contribution in [3.05, 3.63) is 11.6 Å². The zero-order valence-electron chi connectivity index (χ0n) is 12.9. The van der Waals surface area contributed by atoms with Gasteiger partial charge in [-0.3, -0.25) is 0 Å². The highest BCUT2D eigenvalue weighted by Crippen LogP contribution is 2.14. The number of ether oxygens (including phenoxy) is 1. The molecule has 1 aromatic rings. The first kappa shape index (κ1) is 18.1. The van der Waals surface area contributed by atoms with Crippen molar-refractivity contribution < 1.29 is 4.74 Å². The first-order chi connectivity index (χ1) is 9.74. The Hall–Kier alpha value is -0.900. The maximum atomic E-state index is 5.12. The minimum atomic E-state index is 0. The Kier molecular flexibility index (Phi) is 7.94. The first-order valence-corrected chi connectivity index (χ1v) is 7.19. The third-order valence-electron chi connectivity index (χ3n) is 3.21. The summed E-state index contributed by atoms with van der Waals surface area (Å²) in [6.07, 6.45) is 2.19. The minimum Gasteiger partial charge on any atom is -0.383 e. The number of hydrogen-bond donors (Lipinski definition) is 2. The molecule has 0 aliphatic carbocycles. The van der Waals surface area contributed by atoms with E-state index in [1.807, 2.05) is 6.92 Å². The van der Waals surface area contributed by atoms with Gasteiger partial charge in [0.1, 0.15) is 12.4 Å². The van der Waals surface area contributed by atoms with E-state index < -0.39 is 0 Å². The Morgan fingerprint density at radius 1 is 1.48 bits per heavy atom. The number of guanidine groups is 1. The molecule has 0 saturated carbocycles. The lowest BCUT2D eigenvalue weighted by Crippen LogP contribution is -2.44. The minimum absolute atomic E-state index is 0. The highest BCUT2D eigenvalue weighted by molar-refractivity contribution is 14.0. The third-order valence-corrected chi connectivity index (χ3v) is 3.21. The molecule has 1 unspecified atom stereocenters. The Bertz CT molecular complexity index is 462. The summed E-state index contributed by atoms with van der Waals surface area (Å²) in [4.78, 5) is 4.57. The van der Waals surface area contributed by atoms with Crippen LogP contribution in [-0.4, -0.2) is 47.0 Å². The van der Waals surface area contributed by atoms with Crippen LogP contribution in [0.3, 0.4) is 0 Å². The van der Waals surface area contributed by atoms with Gasteiger partial charge in [-0.1, -0.05) is 0 Å². The molecular formula is C13H25IN6O. The van der Waals surface area contributed by atoms with Crippen molar-refractivity contribution in [2.24, 2.45) is 4.99 Å². The largest absolute Gasteiger partial charge is 0.383 e. The van der Waals surface area contributed by atoms with Gasteiger partial charge in [-0.05, 0) is 20.3 Å². The normalized spacial score (nSPS) is 15.3. The number of aryl methyl sites for hydroxylation is 1. The molecule has 0 aromatic carbocycles. The Morgan fingerprint density at radius 3 is 3.00 bits per heavy atom. The molecule has 8 heteroatoms. The van der Waals surface area contributed by atoms with E-state index in [-0.39, 0.29) is 30.0 Å². The monoisotopic (exact) mass is 408 g/mol. The summed E-state index contributed by atoms with van der Waals surface area (Å²) in [5.74, 6) is 2.81. The standard InChI is InChI=1S/C13H24N6O.HI/c1-4-14-13(16-10(2)9-20-3)15-8-12-18-17-11-6-5-7-19(11)12;/h10H,4-9H2,1-3H3,(H2,14,15,16);1H. The highest BCUT2D eigenvalue weighted by atomic mass is 127. The molecule has 1 aliphatic rings. The van der Waals surface area contributed by atoms with E-state index in [1.165, 1.54) is 0 Å². The summed E-state index contributed by atoms with van der Waals surface area (Å²) in [6.45, 7) is 7.13. The van der Waals surface area contributed by atoms with Crippen molar-refractivity contribution in [1.82, 2.24) is 25.4 Å². The van der Waals surface area contributed by atoms with Crippen molar-refractivity contribution >= 4 is 29.9 Å². The summed E-state index contributed by atoms with van der Waals surface area (Å²) in [6, 6.07) is 0.210. The Labute approximate surface area is 143 Å². The van der Waals surface area contributed by atoms with E-state index in [0.29, 0.717) is 13.2 Å². The zero-order valence-corrected chi connectivity index (χ0v) is 15.3. The van der Waals surface area contributed by atoms with Crippen LogP contribution in [0, 0.1) is 0 Å². The molecular weight excluding hydrogens is 383 g/mol. The molecule has 0 radical (unpaired) electrons. The van der Waals surface area contributed by atoms with Gasteiger partial charge in [-0.25, -0.2) is 4.99 Å². The quantitative estimate of drug-likeness (QED) is 0.416. The summed E-state index contributed by atoms with van der Waals surface area (Å²) in [5.41, 5.74) is 0. The molecule has 0 fully saturated rings. The van der Waals surface area contributed by atoms with Crippen LogP contribution < -0.4 is 10.6 Å². The molecule has 0 amide bonds. The topological polar surface area (TPSA) is 76.4 Å². The zero-order chi connectivity index (χ0) is 14.4. The Morgan fingerprint density at radius 2 is 2.29 bits per heavy atom. The van der Waals surface area contributed by atoms with Crippen LogP contribution >= 0.6 is 24.0 Å². The predicted molar refractivity (Wildman–Crippen MR) is 93.0 cm³/mol. The van der Waals surface area contributed by atoms with Crippen molar-refractivity contribution in [3.8, 4) is 0 Å². The molecule has 0 saturated heterocycles. The molecule has 2 N–H and O–H groups in total. The molecule has 1 aromatic heterocycles. The van der Waals surface area contributed by atoms with Crippen LogP contribution in [0.15, 0.2) is 4.99 Å². The second-order valence-corrected chi connectivity index (χ2v) is 4.98. The van der Waals surface area contributed by atoms with Gasteiger partial charge in [0.25, 0.3) is 0 Å². The number of aliphatic imine (C=N–C) groups is 1. The van der Waals surface area contributed by atoms with Gasteiger partial charge >= 0.3 is 0 Å². The van der Waals surface area contributed by atoms with Gasteiger partial charge in [0.15, 0.2) is 11.8 Å². The first-order valence-electron chi connectivity index (χ1n) is 7.19. The summed E-state index contributed by atoms with van der Waals surface area (Å²) in [7, 11) is 1.70. The number of rotatable bonds is 6. The maximum Gasteiger partial charge on any atom is 0.191 e. The second kappa shape index (κ2) is 9.19. The lowest BCUT2D eigenvalue weighted by Gasteiger charge is -2.16. The van der Waals surface area contributed by atoms with Crippen LogP contribution in [0.5, 0.6) is 0 Å². The average molecular weight is 408 g/mol. The van der Waals surface area contributed by atoms with Gasteiger partial charge in [0.2, 0.25) is 0 Å². The van der Waals surface area contributed by atoms with Gasteiger partial charge < -0.3 is 19.9 Å². The van der Waals surface area contributed by atoms with Crippen molar-refractivity contribution in [2.75, 3.05) is 20.3 Å². The fourth-order valence-corrected chi connectivity index (χ4v) is 2.32. The van der Waals surface area contributed by atoms with Gasteiger partial charge in [-0.2, -0.15) is 0 Å². The molecule has 21 heavy (non-hydrogen) atoms. The fraction of sp³-hybridized carbons (Fsp3) is 0.769. The van der Waals surface area contributed by atoms with Crippen LogP contribution in [0.2, 0.25) is 0 Å². The van der Waals surface area contributed by atoms with Crippen LogP contribution in [0.25, 0.3) is 0 Å². The van der Waals surface area contributed by atoms with Crippen LogP contribution in [0.4, 0.5) is 0 Å². The number of aromatic nitrogens is 3. The molecule has 2 rings (SSSR count). The molecule has 0 spiro atoms. The third kappa shape index (κ3) is 5.10. The van der Waals surface area contributed by atoms with E-state index >= 15 is 0 Å². The number of hydrogen-bond acceptors (Lipinski definition) is 4. The van der Waals surface area contributed by atoms with E-state index in [9.17, 15) is 0 Å². The molecule has 1 atom stereocenters. The van der Waals surface area contributed by atoms with Gasteiger partial charge in [0.05, 0.1) is 6.61 Å². The lowest BCUT2D eigenvalue weighted by atomic mass is 10.4. The number of halogens is 1. The van der Waals surface area contributed by atoms with Crippen molar-refractivity contribution in [3.63, 3.8) is 0 Å². The molecule has 2 heterocycles. The summed E-state index contributed by atoms with van der Waals surface area (Å²) >= 11 is 0. The summed E-state index contributed by atoms with van der Waals surface area (Å²) in [5, 5.41) is 14.9. The highest BCUT2D eigenvalue weighted by Gasteiger charge is 2.16. The average Bonchev–Trinajstić information content (AvgIpc) is 2.99. The summed E-state index contributed by atoms with van der Waals surface area (Å²) < 4.78 is 7.29. The molecule has 0 bridgehead atoms. The molecule has 1 aliphatic heterocycles. The SMILES string of the molecule is CCNC(=NCc1nnc2n1CCC2)NC(C)COC.I.